The van der Waals surface area contributed by atoms with Gasteiger partial charge in [0, 0.05) is 30.8 Å². The monoisotopic (exact) mass is 579 g/mol. The smallest absolute Gasteiger partial charge is 0.254 e. The van der Waals surface area contributed by atoms with Gasteiger partial charge in [-0.1, -0.05) is 35.9 Å². The zero-order valence-corrected chi connectivity index (χ0v) is 23.9. The van der Waals surface area contributed by atoms with E-state index >= 15 is 0 Å². The summed E-state index contributed by atoms with van der Waals surface area (Å²) in [6, 6.07) is 12.3. The van der Waals surface area contributed by atoms with E-state index in [9.17, 15) is 14.7 Å². The van der Waals surface area contributed by atoms with Crippen molar-refractivity contribution in [1.82, 2.24) is 20.2 Å². The highest BCUT2D eigenvalue weighted by molar-refractivity contribution is 6.33. The minimum absolute atomic E-state index is 0.142. The summed E-state index contributed by atoms with van der Waals surface area (Å²) in [5, 5.41) is 16.5. The molecule has 0 radical (unpaired) electrons. The van der Waals surface area contributed by atoms with Crippen LogP contribution in [0.4, 0.5) is 5.95 Å². The van der Waals surface area contributed by atoms with Crippen LogP contribution in [0.5, 0.6) is 5.75 Å². The number of carbonyl (C=O) groups is 2. The number of methoxy groups -OCH3 is 2. The van der Waals surface area contributed by atoms with Crippen LogP contribution in [0.25, 0.3) is 11.3 Å². The van der Waals surface area contributed by atoms with E-state index in [1.165, 1.54) is 4.90 Å². The van der Waals surface area contributed by atoms with Gasteiger partial charge in [0.2, 0.25) is 11.9 Å². The average Bonchev–Trinajstić information content (AvgIpc) is 3.31. The molecule has 1 aromatic heterocycles. The lowest BCUT2D eigenvalue weighted by atomic mass is 9.93. The molecule has 216 valence electrons. The third kappa shape index (κ3) is 6.61. The van der Waals surface area contributed by atoms with Crippen LogP contribution in [0.1, 0.15) is 53.2 Å². The number of anilines is 1. The average molecular weight is 580 g/mol. The maximum Gasteiger partial charge on any atom is 0.254 e. The Kier molecular flexibility index (Phi) is 9.02. The zero-order valence-electron chi connectivity index (χ0n) is 23.1. The Morgan fingerprint density at radius 1 is 1.17 bits per heavy atom. The fraction of sp³-hybridized carbons (Fsp3) is 0.400. The standard InChI is InChI=1S/C30H34ClN5O5/c1-40-22-10-8-21(9-11-22)33-30-32-14-25(31)28(35-30)19-6-7-20-15-36(29(39)24(20)13-19)16-27(38)34-26(17-37)18-4-3-5-23(12-18)41-2/h3-7,12-14,21-22,26,37H,8-11,15-17H2,1-2H3,(H,34,38)(H,32,33,35)/t21?,22?,26-/m1/s1. The van der Waals surface area contributed by atoms with Gasteiger partial charge in [0.25, 0.3) is 5.91 Å². The second-order valence-electron chi connectivity index (χ2n) is 10.4. The number of hydrogen-bond donors (Lipinski definition) is 3. The summed E-state index contributed by atoms with van der Waals surface area (Å²) in [5.41, 5.74) is 3.26. The molecule has 41 heavy (non-hydrogen) atoms. The maximum atomic E-state index is 13.3. The Morgan fingerprint density at radius 2 is 1.98 bits per heavy atom. The van der Waals surface area contributed by atoms with Crippen molar-refractivity contribution in [1.29, 1.82) is 0 Å². The van der Waals surface area contributed by atoms with E-state index in [0.29, 0.717) is 51.8 Å². The van der Waals surface area contributed by atoms with Crippen LogP contribution in [0.3, 0.4) is 0 Å². The summed E-state index contributed by atoms with van der Waals surface area (Å²) < 4.78 is 10.7. The van der Waals surface area contributed by atoms with Crippen molar-refractivity contribution in [2.45, 2.75) is 50.4 Å². The predicted octanol–water partition coefficient (Wildman–Crippen LogP) is 3.98. The Morgan fingerprint density at radius 3 is 2.71 bits per heavy atom. The summed E-state index contributed by atoms with van der Waals surface area (Å²) >= 11 is 6.48. The fourth-order valence-corrected chi connectivity index (χ4v) is 5.61. The van der Waals surface area contributed by atoms with Gasteiger partial charge in [0.1, 0.15) is 12.3 Å². The molecule has 1 atom stereocenters. The van der Waals surface area contributed by atoms with E-state index in [1.807, 2.05) is 12.1 Å². The SMILES string of the molecule is COc1cccc([C@@H](CO)NC(=O)CN2Cc3ccc(-c4nc(NC5CCC(OC)CC5)ncc4Cl)cc3C2=O)c1. The summed E-state index contributed by atoms with van der Waals surface area (Å²) in [4.78, 5) is 36.7. The quantitative estimate of drug-likeness (QED) is 0.329. The first-order valence-corrected chi connectivity index (χ1v) is 14.0. The molecular weight excluding hydrogens is 546 g/mol. The van der Waals surface area contributed by atoms with Crippen LogP contribution in [0.15, 0.2) is 48.7 Å². The highest BCUT2D eigenvalue weighted by Gasteiger charge is 2.30. The van der Waals surface area contributed by atoms with E-state index in [2.05, 4.69) is 20.6 Å². The lowest BCUT2D eigenvalue weighted by Crippen LogP contribution is -2.40. The van der Waals surface area contributed by atoms with E-state index in [4.69, 9.17) is 21.1 Å². The zero-order chi connectivity index (χ0) is 28.9. The number of ether oxygens (including phenoxy) is 2. The Bertz CT molecular complexity index is 1410. The van der Waals surface area contributed by atoms with Crippen LogP contribution < -0.4 is 15.4 Å². The first-order valence-electron chi connectivity index (χ1n) is 13.7. The van der Waals surface area contributed by atoms with Crippen LogP contribution in [-0.4, -0.2) is 71.3 Å². The van der Waals surface area contributed by atoms with Gasteiger partial charge in [-0.15, -0.1) is 0 Å². The Hall–Kier alpha value is -3.73. The Balaban J connectivity index is 1.25. The number of rotatable bonds is 10. The van der Waals surface area contributed by atoms with Gasteiger partial charge >= 0.3 is 0 Å². The molecule has 3 aromatic rings. The second-order valence-corrected chi connectivity index (χ2v) is 10.8. The number of fused-ring (bicyclic) bond motifs is 1. The van der Waals surface area contributed by atoms with Crippen molar-refractivity contribution in [3.63, 3.8) is 0 Å². The lowest BCUT2D eigenvalue weighted by molar-refractivity contribution is -0.122. The summed E-state index contributed by atoms with van der Waals surface area (Å²) in [5.74, 6) is 0.488. The summed E-state index contributed by atoms with van der Waals surface area (Å²) in [7, 11) is 3.30. The van der Waals surface area contributed by atoms with Gasteiger partial charge in [0.05, 0.1) is 42.8 Å². The molecule has 0 unspecified atom stereocenters. The molecule has 2 aromatic carbocycles. The fourth-order valence-electron chi connectivity index (χ4n) is 5.41. The molecule has 3 N–H and O–H groups in total. The minimum atomic E-state index is -0.623. The number of nitrogens with one attached hydrogen (secondary N) is 2. The Labute approximate surface area is 244 Å². The normalized spacial score (nSPS) is 19.0. The first-order chi connectivity index (χ1) is 19.9. The molecule has 1 fully saturated rings. The van der Waals surface area contributed by atoms with Gasteiger partial charge in [-0.05, 0) is 55.0 Å². The summed E-state index contributed by atoms with van der Waals surface area (Å²) in [6.07, 6.45) is 5.77. The number of amides is 2. The highest BCUT2D eigenvalue weighted by atomic mass is 35.5. The van der Waals surface area contributed by atoms with Crippen molar-refractivity contribution in [3.05, 3.63) is 70.4 Å². The molecule has 11 heteroatoms. The van der Waals surface area contributed by atoms with Crippen LogP contribution in [-0.2, 0) is 16.1 Å². The molecular formula is C30H34ClN5O5. The third-order valence-corrected chi connectivity index (χ3v) is 7.97. The van der Waals surface area contributed by atoms with Crippen molar-refractivity contribution in [2.24, 2.45) is 0 Å². The molecule has 0 bridgehead atoms. The number of hydrogen-bond acceptors (Lipinski definition) is 8. The maximum absolute atomic E-state index is 13.3. The van der Waals surface area contributed by atoms with E-state index in [1.54, 1.807) is 50.7 Å². The van der Waals surface area contributed by atoms with Crippen LogP contribution in [0.2, 0.25) is 5.02 Å². The van der Waals surface area contributed by atoms with E-state index in [-0.39, 0.29) is 31.0 Å². The number of nitrogens with zero attached hydrogens (tertiary/aromatic N) is 3. The number of halogens is 1. The number of carbonyl (C=O) groups excluding carboxylic acids is 2. The lowest BCUT2D eigenvalue weighted by Gasteiger charge is -2.28. The third-order valence-electron chi connectivity index (χ3n) is 7.70. The molecule has 1 aliphatic carbocycles. The molecule has 1 saturated carbocycles. The summed E-state index contributed by atoms with van der Waals surface area (Å²) in [6.45, 7) is -0.127. The van der Waals surface area contributed by atoms with Gasteiger partial charge < -0.3 is 30.1 Å². The number of aromatic nitrogens is 2. The second kappa shape index (κ2) is 12.8. The molecule has 0 saturated heterocycles. The molecule has 0 spiro atoms. The molecule has 1 aliphatic heterocycles. The molecule has 2 heterocycles. The van der Waals surface area contributed by atoms with Crippen molar-refractivity contribution >= 4 is 29.4 Å². The molecule has 5 rings (SSSR count). The van der Waals surface area contributed by atoms with E-state index < -0.39 is 6.04 Å². The number of benzene rings is 2. The van der Waals surface area contributed by atoms with Crippen LogP contribution in [0, 0.1) is 0 Å². The first kappa shape index (κ1) is 28.8. The van der Waals surface area contributed by atoms with Crippen molar-refractivity contribution in [2.75, 3.05) is 32.7 Å². The number of aliphatic hydroxyl groups excluding tert-OH is 1. The highest BCUT2D eigenvalue weighted by Crippen LogP contribution is 2.32. The van der Waals surface area contributed by atoms with Gasteiger partial charge in [-0.3, -0.25) is 9.59 Å². The van der Waals surface area contributed by atoms with Crippen molar-refractivity contribution < 1.29 is 24.2 Å². The van der Waals surface area contributed by atoms with Gasteiger partial charge in [-0.25, -0.2) is 9.97 Å². The van der Waals surface area contributed by atoms with Crippen LogP contribution >= 0.6 is 11.6 Å². The van der Waals surface area contributed by atoms with E-state index in [0.717, 1.165) is 31.2 Å². The molecule has 2 amide bonds. The predicted molar refractivity (Wildman–Crippen MR) is 155 cm³/mol. The topological polar surface area (TPSA) is 126 Å². The van der Waals surface area contributed by atoms with Gasteiger partial charge in [-0.2, -0.15) is 0 Å². The molecule has 10 nitrogen and oxygen atoms in total. The molecule has 2 aliphatic rings. The van der Waals surface area contributed by atoms with Gasteiger partial charge in [0.15, 0.2) is 0 Å². The number of aliphatic hydroxyl groups is 1. The van der Waals surface area contributed by atoms with Crippen molar-refractivity contribution in [3.8, 4) is 17.0 Å². The largest absolute Gasteiger partial charge is 0.497 e. The minimum Gasteiger partial charge on any atom is -0.497 e.